The van der Waals surface area contributed by atoms with Gasteiger partial charge in [-0.2, -0.15) is 4.31 Å². The van der Waals surface area contributed by atoms with Gasteiger partial charge in [0.1, 0.15) is 0 Å². The molecule has 10 heteroatoms. The Balaban J connectivity index is 1.95. The molecule has 1 aliphatic rings. The molecule has 2 N–H and O–H groups in total. The van der Waals surface area contributed by atoms with E-state index in [-0.39, 0.29) is 41.7 Å². The highest BCUT2D eigenvalue weighted by Gasteiger charge is 2.32. The van der Waals surface area contributed by atoms with Crippen molar-refractivity contribution in [3.63, 3.8) is 0 Å². The fraction of sp³-hybridized carbons (Fsp3) is 0.429. The molecule has 1 aliphatic heterocycles. The number of fused-ring (bicyclic) bond motifs is 1. The quantitative estimate of drug-likeness (QED) is 0.849. The van der Waals surface area contributed by atoms with Crippen LogP contribution in [0.25, 0.3) is 10.9 Å². The second-order valence-electron chi connectivity index (χ2n) is 5.69. The van der Waals surface area contributed by atoms with E-state index in [0.29, 0.717) is 0 Å². The van der Waals surface area contributed by atoms with Crippen LogP contribution < -0.4 is 11.2 Å². The third-order valence-electron chi connectivity index (χ3n) is 4.20. The molecule has 7 nitrogen and oxygen atoms in total. The SMILES string of the molecule is O=c1[nH]c(=O)c2cc(S(=O)(=O)N3CCC(C(F)F)CC3)ccc2[nH]1. The number of nitrogens with zero attached hydrogens (tertiary/aromatic N) is 1. The summed E-state index contributed by atoms with van der Waals surface area (Å²) in [7, 11) is -3.89. The second-order valence-corrected chi connectivity index (χ2v) is 7.63. The van der Waals surface area contributed by atoms with Crippen molar-refractivity contribution >= 4 is 20.9 Å². The molecule has 0 amide bonds. The van der Waals surface area contributed by atoms with Gasteiger partial charge in [0.15, 0.2) is 0 Å². The average molecular weight is 359 g/mol. The smallest absolute Gasteiger partial charge is 0.307 e. The summed E-state index contributed by atoms with van der Waals surface area (Å²) in [5.41, 5.74) is -1.15. The number of hydrogen-bond donors (Lipinski definition) is 2. The number of H-pyrrole nitrogens is 2. The molecule has 24 heavy (non-hydrogen) atoms. The summed E-state index contributed by atoms with van der Waals surface area (Å²) in [4.78, 5) is 27.4. The van der Waals surface area contributed by atoms with Crippen LogP contribution in [0.3, 0.4) is 0 Å². The molecule has 0 spiro atoms. The second kappa shape index (κ2) is 6.10. The zero-order chi connectivity index (χ0) is 17.5. The number of piperidine rings is 1. The molecule has 2 aromatic rings. The number of benzene rings is 1. The highest BCUT2D eigenvalue weighted by Crippen LogP contribution is 2.28. The van der Waals surface area contributed by atoms with Crippen LogP contribution in [-0.4, -0.2) is 42.2 Å². The van der Waals surface area contributed by atoms with E-state index in [1.54, 1.807) is 0 Å². The van der Waals surface area contributed by atoms with Gasteiger partial charge in [-0.15, -0.1) is 0 Å². The summed E-state index contributed by atoms with van der Waals surface area (Å²) in [6.07, 6.45) is -2.26. The van der Waals surface area contributed by atoms with Crippen LogP contribution in [0.15, 0.2) is 32.7 Å². The molecule has 2 heterocycles. The van der Waals surface area contributed by atoms with Gasteiger partial charge in [0, 0.05) is 19.0 Å². The predicted molar refractivity (Wildman–Crippen MR) is 82.7 cm³/mol. The van der Waals surface area contributed by atoms with Crippen molar-refractivity contribution in [1.82, 2.24) is 14.3 Å². The molecular weight excluding hydrogens is 344 g/mol. The van der Waals surface area contributed by atoms with Gasteiger partial charge in [-0.1, -0.05) is 0 Å². The molecule has 3 rings (SSSR count). The fourth-order valence-electron chi connectivity index (χ4n) is 2.82. The Kier molecular flexibility index (Phi) is 4.26. The van der Waals surface area contributed by atoms with Crippen molar-refractivity contribution in [2.24, 2.45) is 5.92 Å². The molecular formula is C14H15F2N3O4S. The fourth-order valence-corrected chi connectivity index (χ4v) is 4.32. The van der Waals surface area contributed by atoms with Gasteiger partial charge in [0.05, 0.1) is 15.8 Å². The first kappa shape index (κ1) is 16.8. The lowest BCUT2D eigenvalue weighted by atomic mass is 9.99. The summed E-state index contributed by atoms with van der Waals surface area (Å²) in [5, 5.41) is 0.0399. The molecule has 0 unspecified atom stereocenters. The van der Waals surface area contributed by atoms with Crippen molar-refractivity contribution in [2.75, 3.05) is 13.1 Å². The number of nitrogens with one attached hydrogen (secondary N) is 2. The highest BCUT2D eigenvalue weighted by molar-refractivity contribution is 7.89. The summed E-state index contributed by atoms with van der Waals surface area (Å²) in [5.74, 6) is -0.791. The van der Waals surface area contributed by atoms with Crippen LogP contribution in [0, 0.1) is 5.92 Å². The molecule has 0 bridgehead atoms. The third-order valence-corrected chi connectivity index (χ3v) is 6.10. The Morgan fingerprint density at radius 3 is 2.42 bits per heavy atom. The van der Waals surface area contributed by atoms with Crippen molar-refractivity contribution in [3.05, 3.63) is 39.0 Å². The van der Waals surface area contributed by atoms with E-state index in [1.807, 2.05) is 4.98 Å². The molecule has 1 saturated heterocycles. The zero-order valence-electron chi connectivity index (χ0n) is 12.5. The predicted octanol–water partition coefficient (Wildman–Crippen LogP) is 0.882. The largest absolute Gasteiger partial charge is 0.326 e. The van der Waals surface area contributed by atoms with Crippen molar-refractivity contribution < 1.29 is 17.2 Å². The zero-order valence-corrected chi connectivity index (χ0v) is 13.3. The molecule has 0 radical (unpaired) electrons. The normalized spacial score (nSPS) is 17.6. The number of halogens is 2. The molecule has 0 saturated carbocycles. The highest BCUT2D eigenvalue weighted by atomic mass is 32.2. The van der Waals surface area contributed by atoms with Crippen LogP contribution in [0.2, 0.25) is 0 Å². The number of rotatable bonds is 3. The first-order chi connectivity index (χ1) is 11.3. The maximum Gasteiger partial charge on any atom is 0.326 e. The number of aromatic nitrogens is 2. The lowest BCUT2D eigenvalue weighted by molar-refractivity contribution is 0.0491. The van der Waals surface area contributed by atoms with Gasteiger partial charge in [0.25, 0.3) is 5.56 Å². The maximum absolute atomic E-state index is 12.7. The summed E-state index contributed by atoms with van der Waals surface area (Å²) in [6.45, 7) is 0.0225. The number of sulfonamides is 1. The minimum absolute atomic E-state index is 0.0113. The van der Waals surface area contributed by atoms with E-state index in [9.17, 15) is 26.8 Å². The molecule has 130 valence electrons. The van der Waals surface area contributed by atoms with Crippen LogP contribution in [0.5, 0.6) is 0 Å². The Morgan fingerprint density at radius 2 is 1.79 bits per heavy atom. The van der Waals surface area contributed by atoms with Gasteiger partial charge in [-0.3, -0.25) is 9.78 Å². The van der Waals surface area contributed by atoms with Gasteiger partial charge in [0.2, 0.25) is 16.4 Å². The Labute approximate surface area is 135 Å². The number of aromatic amines is 2. The molecule has 1 fully saturated rings. The van der Waals surface area contributed by atoms with Gasteiger partial charge in [-0.25, -0.2) is 22.0 Å². The van der Waals surface area contributed by atoms with Crippen LogP contribution in [0.4, 0.5) is 8.78 Å². The Bertz CT molecular complexity index is 975. The van der Waals surface area contributed by atoms with Gasteiger partial charge < -0.3 is 4.98 Å². The van der Waals surface area contributed by atoms with E-state index in [4.69, 9.17) is 0 Å². The Morgan fingerprint density at radius 1 is 1.12 bits per heavy atom. The van der Waals surface area contributed by atoms with E-state index >= 15 is 0 Å². The first-order valence-electron chi connectivity index (χ1n) is 7.34. The summed E-state index contributed by atoms with van der Waals surface area (Å²) >= 11 is 0. The Hall–Kier alpha value is -2.07. The molecule has 1 aromatic carbocycles. The van der Waals surface area contributed by atoms with Crippen LogP contribution in [0.1, 0.15) is 12.8 Å². The van der Waals surface area contributed by atoms with E-state index in [0.717, 1.165) is 4.31 Å². The van der Waals surface area contributed by atoms with Crippen molar-refractivity contribution in [3.8, 4) is 0 Å². The van der Waals surface area contributed by atoms with Crippen molar-refractivity contribution in [2.45, 2.75) is 24.2 Å². The molecule has 0 aliphatic carbocycles. The van der Waals surface area contributed by atoms with Crippen LogP contribution in [-0.2, 0) is 10.0 Å². The van der Waals surface area contributed by atoms with Crippen LogP contribution >= 0.6 is 0 Å². The van der Waals surface area contributed by atoms with Gasteiger partial charge in [-0.05, 0) is 31.0 Å². The molecule has 0 atom stereocenters. The van der Waals surface area contributed by atoms with E-state index < -0.39 is 33.6 Å². The lowest BCUT2D eigenvalue weighted by Gasteiger charge is -2.30. The average Bonchev–Trinajstić information content (AvgIpc) is 2.54. The summed E-state index contributed by atoms with van der Waals surface area (Å²) in [6, 6.07) is 3.80. The minimum atomic E-state index is -3.89. The number of alkyl halides is 2. The topological polar surface area (TPSA) is 103 Å². The maximum atomic E-state index is 12.7. The summed E-state index contributed by atoms with van der Waals surface area (Å²) < 4.78 is 51.8. The van der Waals surface area contributed by atoms with E-state index in [1.165, 1.54) is 18.2 Å². The van der Waals surface area contributed by atoms with Gasteiger partial charge >= 0.3 is 5.69 Å². The molecule has 1 aromatic heterocycles. The number of hydrogen-bond acceptors (Lipinski definition) is 4. The third kappa shape index (κ3) is 2.98. The van der Waals surface area contributed by atoms with Crippen molar-refractivity contribution in [1.29, 1.82) is 0 Å². The monoisotopic (exact) mass is 359 g/mol. The minimum Gasteiger partial charge on any atom is -0.307 e. The lowest BCUT2D eigenvalue weighted by Crippen LogP contribution is -2.40. The standard InChI is InChI=1S/C14H15F2N3O4S/c15-12(16)8-3-5-19(6-4-8)24(22,23)9-1-2-11-10(7-9)13(20)18-14(21)17-11/h1-2,7-8,12H,3-6H2,(H2,17,18,20,21). The van der Waals surface area contributed by atoms with E-state index in [2.05, 4.69) is 4.98 Å². The first-order valence-corrected chi connectivity index (χ1v) is 8.78.